The molecule has 0 aliphatic carbocycles. The Morgan fingerprint density at radius 1 is 1.24 bits per heavy atom. The first-order valence-corrected chi connectivity index (χ1v) is 8.93. The zero-order valence-electron chi connectivity index (χ0n) is 13.8. The average Bonchev–Trinajstić information content (AvgIpc) is 3.21. The number of carbonyl (C=O) groups is 1. The van der Waals surface area contributed by atoms with Crippen molar-refractivity contribution in [3.63, 3.8) is 0 Å². The van der Waals surface area contributed by atoms with Gasteiger partial charge in [0.1, 0.15) is 5.01 Å². The highest BCUT2D eigenvalue weighted by Gasteiger charge is 2.20. The number of anilines is 1. The Morgan fingerprint density at radius 2 is 2.08 bits per heavy atom. The molecule has 2 aromatic heterocycles. The Labute approximate surface area is 149 Å². The maximum atomic E-state index is 12.2. The second kappa shape index (κ2) is 6.73. The number of nitrogens with one attached hydrogen (secondary N) is 1. The number of amides is 1. The summed E-state index contributed by atoms with van der Waals surface area (Å²) in [7, 11) is 0. The van der Waals surface area contributed by atoms with Crippen molar-refractivity contribution in [1.82, 2.24) is 24.9 Å². The molecule has 25 heavy (non-hydrogen) atoms. The number of nitrogens with zero attached hydrogens (tertiary/aromatic N) is 5. The highest BCUT2D eigenvalue weighted by atomic mass is 32.1. The third-order valence-corrected chi connectivity index (χ3v) is 4.93. The molecule has 1 aromatic carbocycles. The molecule has 1 N–H and O–H groups in total. The van der Waals surface area contributed by atoms with E-state index in [1.807, 2.05) is 23.7 Å². The molecule has 1 amide bonds. The van der Waals surface area contributed by atoms with E-state index in [0.29, 0.717) is 10.8 Å². The molecular weight excluding hydrogens is 336 g/mol. The van der Waals surface area contributed by atoms with Crippen molar-refractivity contribution in [1.29, 1.82) is 0 Å². The molecule has 7 nitrogen and oxygen atoms in total. The molecule has 0 spiro atoms. The van der Waals surface area contributed by atoms with Gasteiger partial charge in [-0.25, -0.2) is 0 Å². The van der Waals surface area contributed by atoms with E-state index in [-0.39, 0.29) is 5.91 Å². The summed E-state index contributed by atoms with van der Waals surface area (Å²) in [6, 6.07) is 12.4. The predicted molar refractivity (Wildman–Crippen MR) is 95.4 cm³/mol. The van der Waals surface area contributed by atoms with Gasteiger partial charge in [0.05, 0.1) is 12.2 Å². The summed E-state index contributed by atoms with van der Waals surface area (Å²) < 4.78 is 1.96. The van der Waals surface area contributed by atoms with Gasteiger partial charge in [-0.3, -0.25) is 14.4 Å². The number of aromatic nitrogens is 4. The summed E-state index contributed by atoms with van der Waals surface area (Å²) in [4.78, 5) is 14.6. The Morgan fingerprint density at radius 3 is 2.84 bits per heavy atom. The normalized spacial score (nSPS) is 14.3. The van der Waals surface area contributed by atoms with E-state index < -0.39 is 0 Å². The molecule has 0 unspecified atom stereocenters. The van der Waals surface area contributed by atoms with Crippen LogP contribution in [-0.4, -0.2) is 37.3 Å². The van der Waals surface area contributed by atoms with Crippen LogP contribution in [0.1, 0.15) is 26.1 Å². The molecule has 0 fully saturated rings. The lowest BCUT2D eigenvalue weighted by Gasteiger charge is -2.27. The topological polar surface area (TPSA) is 75.9 Å². The molecule has 4 rings (SSSR count). The van der Waals surface area contributed by atoms with Gasteiger partial charge in [-0.2, -0.15) is 5.10 Å². The van der Waals surface area contributed by atoms with Crippen LogP contribution in [0.25, 0.3) is 0 Å². The van der Waals surface area contributed by atoms with Gasteiger partial charge < -0.3 is 5.32 Å². The van der Waals surface area contributed by atoms with Crippen molar-refractivity contribution in [2.45, 2.75) is 26.6 Å². The molecule has 0 saturated carbocycles. The summed E-state index contributed by atoms with van der Waals surface area (Å²) in [5, 5.41) is 16.2. The van der Waals surface area contributed by atoms with Crippen LogP contribution in [0.2, 0.25) is 0 Å². The molecule has 1 aliphatic heterocycles. The summed E-state index contributed by atoms with van der Waals surface area (Å²) in [5.74, 6) is 0.302. The molecule has 3 heterocycles. The average molecular weight is 354 g/mol. The second-order valence-corrected chi connectivity index (χ2v) is 7.20. The minimum Gasteiger partial charge on any atom is -0.303 e. The van der Waals surface area contributed by atoms with E-state index in [4.69, 9.17) is 0 Å². The van der Waals surface area contributed by atoms with Crippen LogP contribution in [0.5, 0.6) is 0 Å². The minimum absolute atomic E-state index is 0.262. The zero-order valence-corrected chi connectivity index (χ0v) is 14.7. The van der Waals surface area contributed by atoms with E-state index in [9.17, 15) is 4.79 Å². The van der Waals surface area contributed by atoms with Crippen LogP contribution in [0.15, 0.2) is 36.4 Å². The maximum Gasteiger partial charge on any atom is 0.287 e. The first-order valence-electron chi connectivity index (χ1n) is 8.12. The van der Waals surface area contributed by atoms with Gasteiger partial charge in [-0.15, -0.1) is 10.2 Å². The zero-order chi connectivity index (χ0) is 17.2. The summed E-state index contributed by atoms with van der Waals surface area (Å²) in [6.07, 6.45) is 0. The fourth-order valence-corrected chi connectivity index (χ4v) is 3.50. The molecule has 3 aromatic rings. The van der Waals surface area contributed by atoms with E-state index in [0.717, 1.165) is 36.9 Å². The van der Waals surface area contributed by atoms with Crippen LogP contribution in [0.4, 0.5) is 5.82 Å². The highest BCUT2D eigenvalue weighted by Crippen LogP contribution is 2.19. The van der Waals surface area contributed by atoms with Gasteiger partial charge in [0.25, 0.3) is 5.91 Å². The Hall–Kier alpha value is -2.58. The predicted octanol–water partition coefficient (Wildman–Crippen LogP) is 2.31. The lowest BCUT2D eigenvalue weighted by atomic mass is 10.2. The minimum atomic E-state index is -0.262. The van der Waals surface area contributed by atoms with Crippen LogP contribution in [0.3, 0.4) is 0 Å². The number of aryl methyl sites for hydroxylation is 1. The fraction of sp³-hybridized carbons (Fsp3) is 0.294. The third kappa shape index (κ3) is 3.59. The number of rotatable bonds is 4. The molecule has 1 aliphatic rings. The summed E-state index contributed by atoms with van der Waals surface area (Å²) in [5.41, 5.74) is 2.40. The molecule has 0 bridgehead atoms. The number of hydrogen-bond donors (Lipinski definition) is 1. The van der Waals surface area contributed by atoms with Crippen molar-refractivity contribution < 1.29 is 4.79 Å². The van der Waals surface area contributed by atoms with Crippen LogP contribution >= 0.6 is 11.3 Å². The van der Waals surface area contributed by atoms with Crippen molar-refractivity contribution in [3.8, 4) is 0 Å². The van der Waals surface area contributed by atoms with Crippen molar-refractivity contribution in [2.75, 3.05) is 11.9 Å². The SMILES string of the molecule is Cc1nnc(C(=O)Nc2cc3n(n2)CCN(Cc2ccccc2)C3)s1. The van der Waals surface area contributed by atoms with Gasteiger partial charge in [-0.1, -0.05) is 41.7 Å². The Kier molecular flexibility index (Phi) is 4.29. The van der Waals surface area contributed by atoms with Gasteiger partial charge >= 0.3 is 0 Å². The van der Waals surface area contributed by atoms with Gasteiger partial charge in [0.2, 0.25) is 5.01 Å². The lowest BCUT2D eigenvalue weighted by molar-refractivity contribution is 0.102. The van der Waals surface area contributed by atoms with Crippen LogP contribution < -0.4 is 5.32 Å². The van der Waals surface area contributed by atoms with Crippen LogP contribution in [-0.2, 0) is 19.6 Å². The number of hydrogen-bond acceptors (Lipinski definition) is 6. The monoisotopic (exact) mass is 354 g/mol. The van der Waals surface area contributed by atoms with E-state index >= 15 is 0 Å². The summed E-state index contributed by atoms with van der Waals surface area (Å²) in [6.45, 7) is 5.31. The molecular formula is C17H18N6OS. The smallest absolute Gasteiger partial charge is 0.287 e. The summed E-state index contributed by atoms with van der Waals surface area (Å²) >= 11 is 1.27. The van der Waals surface area contributed by atoms with Crippen molar-refractivity contribution >= 4 is 23.1 Å². The molecule has 0 radical (unpaired) electrons. The number of fused-ring (bicyclic) bond motifs is 1. The van der Waals surface area contributed by atoms with Gasteiger partial charge in [-0.05, 0) is 12.5 Å². The van der Waals surface area contributed by atoms with E-state index in [1.54, 1.807) is 0 Å². The second-order valence-electron chi connectivity index (χ2n) is 6.02. The third-order valence-electron chi connectivity index (χ3n) is 4.09. The van der Waals surface area contributed by atoms with Crippen molar-refractivity contribution in [2.24, 2.45) is 0 Å². The molecule has 8 heteroatoms. The van der Waals surface area contributed by atoms with Gasteiger partial charge in [0, 0.05) is 25.7 Å². The van der Waals surface area contributed by atoms with Gasteiger partial charge in [0.15, 0.2) is 5.82 Å². The first-order chi connectivity index (χ1) is 12.2. The largest absolute Gasteiger partial charge is 0.303 e. The first kappa shape index (κ1) is 15.9. The maximum absolute atomic E-state index is 12.2. The fourth-order valence-electron chi connectivity index (χ4n) is 2.92. The highest BCUT2D eigenvalue weighted by molar-refractivity contribution is 7.13. The lowest BCUT2D eigenvalue weighted by Crippen LogP contribution is -2.33. The van der Waals surface area contributed by atoms with E-state index in [1.165, 1.54) is 16.9 Å². The Bertz CT molecular complexity index is 888. The standard InChI is InChI=1S/C17H18N6OS/c1-12-19-20-17(25-12)16(24)18-15-9-14-11-22(7-8-23(14)21-15)10-13-5-3-2-4-6-13/h2-6,9H,7-8,10-11H2,1H3,(H,18,21,24). The van der Waals surface area contributed by atoms with Crippen molar-refractivity contribution in [3.05, 3.63) is 57.7 Å². The molecule has 0 saturated heterocycles. The number of benzene rings is 1. The number of carbonyl (C=O) groups excluding carboxylic acids is 1. The Balaban J connectivity index is 1.43. The van der Waals surface area contributed by atoms with E-state index in [2.05, 4.69) is 49.8 Å². The molecule has 128 valence electrons. The molecule has 0 atom stereocenters. The quantitative estimate of drug-likeness (QED) is 0.778. The van der Waals surface area contributed by atoms with Crippen LogP contribution in [0, 0.1) is 6.92 Å².